The van der Waals surface area contributed by atoms with Crippen molar-refractivity contribution in [3.63, 3.8) is 0 Å². The number of carbonyl (C=O) groups excluding carboxylic acids is 1. The third-order valence-electron chi connectivity index (χ3n) is 5.23. The number of rotatable bonds is 5. The molecule has 2 rings (SSSR count). The van der Waals surface area contributed by atoms with Crippen molar-refractivity contribution in [2.75, 3.05) is 33.3 Å². The number of hydrogen-bond donors (Lipinski definition) is 1. The lowest BCUT2D eigenvalue weighted by Crippen LogP contribution is -2.50. The highest BCUT2D eigenvalue weighted by molar-refractivity contribution is 5.79. The van der Waals surface area contributed by atoms with Crippen LogP contribution in [0.25, 0.3) is 0 Å². The lowest BCUT2D eigenvalue weighted by molar-refractivity contribution is -0.139. The molecule has 2 fully saturated rings. The van der Waals surface area contributed by atoms with Crippen LogP contribution in [0.4, 0.5) is 0 Å². The summed E-state index contributed by atoms with van der Waals surface area (Å²) in [6.45, 7) is 7.35. The maximum absolute atomic E-state index is 12.6. The smallest absolute Gasteiger partial charge is 0.226 e. The molecule has 0 aromatic rings. The summed E-state index contributed by atoms with van der Waals surface area (Å²) in [4.78, 5) is 16.9. The molecule has 116 valence electrons. The van der Waals surface area contributed by atoms with Crippen LogP contribution in [-0.2, 0) is 4.79 Å². The van der Waals surface area contributed by atoms with Crippen LogP contribution in [0.5, 0.6) is 0 Å². The summed E-state index contributed by atoms with van der Waals surface area (Å²) >= 11 is 0. The highest BCUT2D eigenvalue weighted by atomic mass is 16.3. The maximum Gasteiger partial charge on any atom is 0.226 e. The molecule has 1 saturated carbocycles. The van der Waals surface area contributed by atoms with Crippen molar-refractivity contribution >= 4 is 5.91 Å². The van der Waals surface area contributed by atoms with Crippen LogP contribution in [0.1, 0.15) is 46.0 Å². The average molecular weight is 282 g/mol. The first-order chi connectivity index (χ1) is 9.47. The molecule has 1 aliphatic heterocycles. The van der Waals surface area contributed by atoms with Gasteiger partial charge in [-0.1, -0.05) is 6.42 Å². The molecule has 4 nitrogen and oxygen atoms in total. The molecule has 1 aliphatic carbocycles. The number of aliphatic hydroxyl groups excluding tert-OH is 1. The fraction of sp³-hybridized carbons (Fsp3) is 0.938. The Kier molecular flexibility index (Phi) is 5.08. The molecule has 1 atom stereocenters. The summed E-state index contributed by atoms with van der Waals surface area (Å²) in [7, 11) is 1.91. The van der Waals surface area contributed by atoms with Gasteiger partial charge in [-0.05, 0) is 46.1 Å². The second-order valence-corrected chi connectivity index (χ2v) is 7.13. The van der Waals surface area contributed by atoms with Crippen molar-refractivity contribution in [1.82, 2.24) is 9.80 Å². The number of amides is 1. The van der Waals surface area contributed by atoms with Gasteiger partial charge in [-0.15, -0.1) is 0 Å². The Morgan fingerprint density at radius 1 is 1.40 bits per heavy atom. The van der Waals surface area contributed by atoms with Gasteiger partial charge in [0.25, 0.3) is 0 Å². The van der Waals surface area contributed by atoms with Crippen LogP contribution in [0.15, 0.2) is 0 Å². The van der Waals surface area contributed by atoms with E-state index in [1.54, 1.807) is 0 Å². The van der Waals surface area contributed by atoms with Gasteiger partial charge in [0.15, 0.2) is 0 Å². The fourth-order valence-electron chi connectivity index (χ4n) is 3.61. The van der Waals surface area contributed by atoms with Gasteiger partial charge in [-0.3, -0.25) is 4.79 Å². The van der Waals surface area contributed by atoms with Crippen LogP contribution >= 0.6 is 0 Å². The molecule has 2 aliphatic rings. The molecule has 1 amide bonds. The summed E-state index contributed by atoms with van der Waals surface area (Å²) in [5.74, 6) is 0.419. The third-order valence-corrected chi connectivity index (χ3v) is 5.23. The van der Waals surface area contributed by atoms with E-state index in [9.17, 15) is 9.90 Å². The first-order valence-corrected chi connectivity index (χ1v) is 8.07. The monoisotopic (exact) mass is 282 g/mol. The molecule has 0 aromatic heterocycles. The lowest BCUT2D eigenvalue weighted by atomic mass is 9.69. The van der Waals surface area contributed by atoms with Crippen molar-refractivity contribution in [3.05, 3.63) is 0 Å². The van der Waals surface area contributed by atoms with Gasteiger partial charge in [0.2, 0.25) is 5.91 Å². The molecule has 1 heterocycles. The van der Waals surface area contributed by atoms with Crippen LogP contribution < -0.4 is 0 Å². The minimum atomic E-state index is -0.00316. The summed E-state index contributed by atoms with van der Waals surface area (Å²) < 4.78 is 0. The summed E-state index contributed by atoms with van der Waals surface area (Å²) in [6, 6.07) is 0.520. The Morgan fingerprint density at radius 2 is 2.10 bits per heavy atom. The molecule has 0 spiro atoms. The van der Waals surface area contributed by atoms with E-state index in [1.165, 1.54) is 6.42 Å². The summed E-state index contributed by atoms with van der Waals surface area (Å²) in [5, 5.41) is 9.55. The van der Waals surface area contributed by atoms with Gasteiger partial charge in [0.05, 0.1) is 12.5 Å². The molecule has 1 N–H and O–H groups in total. The second kappa shape index (κ2) is 6.44. The predicted molar refractivity (Wildman–Crippen MR) is 80.4 cm³/mol. The Balaban J connectivity index is 1.89. The molecule has 20 heavy (non-hydrogen) atoms. The van der Waals surface area contributed by atoms with E-state index in [-0.39, 0.29) is 23.8 Å². The van der Waals surface area contributed by atoms with Gasteiger partial charge in [0, 0.05) is 31.6 Å². The number of carbonyl (C=O) groups is 1. The highest BCUT2D eigenvalue weighted by Gasteiger charge is 2.39. The Bertz CT molecular complexity index is 334. The SMILES string of the molecule is CC(C)N1CCCC(C(=O)N(C)CC2(CO)CCC2)C1. The molecule has 0 bridgehead atoms. The number of nitrogens with zero attached hydrogens (tertiary/aromatic N) is 2. The standard InChI is InChI=1S/C16H30N2O2/c1-13(2)18-9-4-6-14(10-18)15(20)17(3)11-16(12-19)7-5-8-16/h13-14,19H,4-12H2,1-3H3. The Morgan fingerprint density at radius 3 is 2.60 bits per heavy atom. The largest absolute Gasteiger partial charge is 0.396 e. The average Bonchev–Trinajstić information content (AvgIpc) is 2.42. The van der Waals surface area contributed by atoms with Crippen molar-refractivity contribution in [1.29, 1.82) is 0 Å². The number of likely N-dealkylation sites (tertiary alicyclic amines) is 1. The van der Waals surface area contributed by atoms with Gasteiger partial charge in [-0.2, -0.15) is 0 Å². The van der Waals surface area contributed by atoms with E-state index < -0.39 is 0 Å². The Labute approximate surface area is 123 Å². The number of hydrogen-bond acceptors (Lipinski definition) is 3. The van der Waals surface area contributed by atoms with Crippen LogP contribution in [0, 0.1) is 11.3 Å². The quantitative estimate of drug-likeness (QED) is 0.835. The maximum atomic E-state index is 12.6. The lowest BCUT2D eigenvalue weighted by Gasteiger charge is -2.44. The molecule has 0 aromatic carbocycles. The van der Waals surface area contributed by atoms with E-state index in [2.05, 4.69) is 18.7 Å². The zero-order valence-corrected chi connectivity index (χ0v) is 13.3. The summed E-state index contributed by atoms with van der Waals surface area (Å²) in [6.07, 6.45) is 5.44. The van der Waals surface area contributed by atoms with Gasteiger partial charge in [-0.25, -0.2) is 0 Å². The first-order valence-electron chi connectivity index (χ1n) is 8.07. The zero-order valence-electron chi connectivity index (χ0n) is 13.3. The van der Waals surface area contributed by atoms with Crippen molar-refractivity contribution in [2.24, 2.45) is 11.3 Å². The molecular weight excluding hydrogens is 252 g/mol. The molecule has 4 heteroatoms. The molecule has 0 radical (unpaired) electrons. The topological polar surface area (TPSA) is 43.8 Å². The fourth-order valence-corrected chi connectivity index (χ4v) is 3.61. The minimum absolute atomic E-state index is 0.00316. The third kappa shape index (κ3) is 3.34. The molecular formula is C16H30N2O2. The first kappa shape index (κ1) is 15.8. The van der Waals surface area contributed by atoms with E-state index in [0.29, 0.717) is 6.04 Å². The zero-order chi connectivity index (χ0) is 14.8. The van der Waals surface area contributed by atoms with Crippen molar-refractivity contribution in [2.45, 2.75) is 52.0 Å². The molecule has 1 saturated heterocycles. The molecule has 1 unspecified atom stereocenters. The second-order valence-electron chi connectivity index (χ2n) is 7.13. The normalized spacial score (nSPS) is 26.4. The van der Waals surface area contributed by atoms with Crippen LogP contribution in [0.2, 0.25) is 0 Å². The number of aliphatic hydroxyl groups is 1. The van der Waals surface area contributed by atoms with Gasteiger partial charge < -0.3 is 14.9 Å². The van der Waals surface area contributed by atoms with E-state index in [1.807, 2.05) is 11.9 Å². The Hall–Kier alpha value is -0.610. The van der Waals surface area contributed by atoms with Crippen LogP contribution in [0.3, 0.4) is 0 Å². The van der Waals surface area contributed by atoms with E-state index >= 15 is 0 Å². The minimum Gasteiger partial charge on any atom is -0.396 e. The van der Waals surface area contributed by atoms with Gasteiger partial charge in [0.1, 0.15) is 0 Å². The summed E-state index contributed by atoms with van der Waals surface area (Å²) in [5.41, 5.74) is -0.00316. The van der Waals surface area contributed by atoms with E-state index in [0.717, 1.165) is 45.3 Å². The number of piperidine rings is 1. The predicted octanol–water partition coefficient (Wildman–Crippen LogP) is 1.73. The van der Waals surface area contributed by atoms with Crippen molar-refractivity contribution < 1.29 is 9.90 Å². The highest BCUT2D eigenvalue weighted by Crippen LogP contribution is 2.41. The van der Waals surface area contributed by atoms with Crippen LogP contribution in [-0.4, -0.2) is 60.1 Å². The van der Waals surface area contributed by atoms with E-state index in [4.69, 9.17) is 0 Å². The van der Waals surface area contributed by atoms with Crippen molar-refractivity contribution in [3.8, 4) is 0 Å². The van der Waals surface area contributed by atoms with Gasteiger partial charge >= 0.3 is 0 Å².